The summed E-state index contributed by atoms with van der Waals surface area (Å²) in [5.74, 6) is 0. The van der Waals surface area contributed by atoms with Crippen LogP contribution in [0.5, 0.6) is 0 Å². The molecular formula is C17H13F3N2S3. The Bertz CT molecular complexity index is 1000. The number of halogens is 3. The molecule has 0 saturated heterocycles. The van der Waals surface area contributed by atoms with Crippen molar-refractivity contribution in [3.05, 3.63) is 64.4 Å². The Hall–Kier alpha value is -1.64. The fraction of sp³-hybridized carbons (Fsp3) is 0.118. The summed E-state index contributed by atoms with van der Waals surface area (Å²) in [6.07, 6.45) is -4.51. The average Bonchev–Trinajstić information content (AvgIpc) is 2.77. The minimum atomic E-state index is -4.51. The molecule has 0 aliphatic rings. The van der Waals surface area contributed by atoms with Gasteiger partial charge in [0.25, 0.3) is 0 Å². The molecule has 25 heavy (non-hydrogen) atoms. The summed E-state index contributed by atoms with van der Waals surface area (Å²) in [4.78, 5) is 0. The van der Waals surface area contributed by atoms with E-state index in [0.717, 1.165) is 17.3 Å². The summed E-state index contributed by atoms with van der Waals surface area (Å²) in [5, 5.41) is 0.618. The van der Waals surface area contributed by atoms with Gasteiger partial charge in [-0.2, -0.15) is 13.2 Å². The Kier molecular flexibility index (Phi) is 4.78. The van der Waals surface area contributed by atoms with Crippen molar-refractivity contribution < 1.29 is 13.2 Å². The van der Waals surface area contributed by atoms with Crippen molar-refractivity contribution in [3.63, 3.8) is 0 Å². The second-order valence-electron chi connectivity index (χ2n) is 5.40. The summed E-state index contributed by atoms with van der Waals surface area (Å²) in [5.41, 5.74) is 0.809. The molecule has 0 bridgehead atoms. The first-order valence-corrected chi connectivity index (χ1v) is 8.52. The molecule has 1 aromatic heterocycles. The number of alkyl halides is 3. The molecule has 0 aliphatic heterocycles. The van der Waals surface area contributed by atoms with Crippen LogP contribution in [0.4, 0.5) is 13.2 Å². The van der Waals surface area contributed by atoms with Gasteiger partial charge in [0.2, 0.25) is 0 Å². The number of benzene rings is 2. The Morgan fingerprint density at radius 2 is 1.32 bits per heavy atom. The maximum atomic E-state index is 13.4. The second kappa shape index (κ2) is 6.59. The van der Waals surface area contributed by atoms with E-state index in [0.29, 0.717) is 5.03 Å². The van der Waals surface area contributed by atoms with E-state index in [1.165, 1.54) is 22.8 Å². The maximum absolute atomic E-state index is 13.4. The largest absolute Gasteiger partial charge is 0.418 e. The SMILES string of the molecule is Cc1ccccc1-n1c(S)c(S)n(-c2ccccc2C(F)(F)F)c1=S. The third-order valence-corrected chi connectivity index (χ3v) is 5.18. The van der Waals surface area contributed by atoms with E-state index in [2.05, 4.69) is 25.3 Å². The van der Waals surface area contributed by atoms with Gasteiger partial charge in [-0.05, 0) is 42.9 Å². The first kappa shape index (κ1) is 18.2. The smallest absolute Gasteiger partial charge is 0.279 e. The Balaban J connectivity index is 2.35. The van der Waals surface area contributed by atoms with Crippen molar-refractivity contribution in [3.8, 4) is 11.4 Å². The summed E-state index contributed by atoms with van der Waals surface area (Å²) in [7, 11) is 0. The van der Waals surface area contributed by atoms with Gasteiger partial charge in [-0.15, -0.1) is 25.3 Å². The first-order valence-electron chi connectivity index (χ1n) is 7.21. The van der Waals surface area contributed by atoms with Crippen LogP contribution in [0.15, 0.2) is 58.6 Å². The van der Waals surface area contributed by atoms with Crippen LogP contribution in [0.2, 0.25) is 0 Å². The van der Waals surface area contributed by atoms with Gasteiger partial charge in [0.1, 0.15) is 10.1 Å². The van der Waals surface area contributed by atoms with Crippen LogP contribution in [0.1, 0.15) is 11.1 Å². The van der Waals surface area contributed by atoms with Crippen molar-refractivity contribution in [1.82, 2.24) is 9.13 Å². The highest BCUT2D eigenvalue weighted by Gasteiger charge is 2.34. The number of aromatic nitrogens is 2. The summed E-state index contributed by atoms with van der Waals surface area (Å²) in [6.45, 7) is 1.89. The molecule has 8 heteroatoms. The van der Waals surface area contributed by atoms with E-state index in [1.807, 2.05) is 31.2 Å². The number of nitrogens with zero attached hydrogens (tertiary/aromatic N) is 2. The standard InChI is InChI=1S/C17H13F3N2S3/c1-10-6-2-4-8-12(10)21-14(23)15(24)22(16(21)25)13-9-5-3-7-11(13)17(18,19)20/h2-9,23-24H,1H3. The number of imidazole rings is 1. The van der Waals surface area contributed by atoms with E-state index in [-0.39, 0.29) is 15.5 Å². The third kappa shape index (κ3) is 3.14. The number of thiol groups is 2. The molecule has 0 unspecified atom stereocenters. The number of rotatable bonds is 2. The number of hydrogen-bond acceptors (Lipinski definition) is 3. The average molecular weight is 399 g/mol. The molecule has 3 aromatic rings. The Labute approximate surface area is 158 Å². The zero-order valence-electron chi connectivity index (χ0n) is 12.9. The number of hydrogen-bond donors (Lipinski definition) is 2. The number of aryl methyl sites for hydroxylation is 1. The van der Waals surface area contributed by atoms with Gasteiger partial charge in [0, 0.05) is 0 Å². The molecule has 0 saturated carbocycles. The highest BCUT2D eigenvalue weighted by atomic mass is 32.1. The molecule has 2 aromatic carbocycles. The minimum absolute atomic E-state index is 0.0763. The predicted molar refractivity (Wildman–Crippen MR) is 100 cm³/mol. The molecule has 1 heterocycles. The van der Waals surface area contributed by atoms with Gasteiger partial charge < -0.3 is 0 Å². The van der Waals surface area contributed by atoms with E-state index in [9.17, 15) is 13.2 Å². The van der Waals surface area contributed by atoms with Gasteiger partial charge in [0.05, 0.1) is 16.9 Å². The van der Waals surface area contributed by atoms with Gasteiger partial charge >= 0.3 is 6.18 Å². The summed E-state index contributed by atoms with van der Waals surface area (Å²) >= 11 is 14.3. The summed E-state index contributed by atoms with van der Waals surface area (Å²) in [6, 6.07) is 12.7. The van der Waals surface area contributed by atoms with Crippen LogP contribution in [0, 0.1) is 11.7 Å². The van der Waals surface area contributed by atoms with Gasteiger partial charge in [-0.1, -0.05) is 30.3 Å². The molecule has 0 spiro atoms. The van der Waals surface area contributed by atoms with E-state index < -0.39 is 11.7 Å². The normalized spacial score (nSPS) is 11.8. The maximum Gasteiger partial charge on any atom is 0.418 e. The molecule has 0 atom stereocenters. The van der Waals surface area contributed by atoms with E-state index in [4.69, 9.17) is 12.2 Å². The highest BCUT2D eigenvalue weighted by Crippen LogP contribution is 2.37. The molecule has 0 aliphatic carbocycles. The van der Waals surface area contributed by atoms with Gasteiger partial charge in [0.15, 0.2) is 4.77 Å². The lowest BCUT2D eigenvalue weighted by Crippen LogP contribution is -2.11. The summed E-state index contributed by atoms with van der Waals surface area (Å²) < 4.78 is 43.3. The van der Waals surface area contributed by atoms with Crippen molar-refractivity contribution >= 4 is 37.5 Å². The molecule has 130 valence electrons. The fourth-order valence-corrected chi connectivity index (χ4v) is 3.76. The lowest BCUT2D eigenvalue weighted by atomic mass is 10.1. The molecular weight excluding hydrogens is 385 g/mol. The van der Waals surface area contributed by atoms with Crippen molar-refractivity contribution in [1.29, 1.82) is 0 Å². The Morgan fingerprint density at radius 1 is 0.840 bits per heavy atom. The quantitative estimate of drug-likeness (QED) is 0.404. The van der Waals surface area contributed by atoms with Crippen LogP contribution < -0.4 is 0 Å². The zero-order valence-corrected chi connectivity index (χ0v) is 15.6. The van der Waals surface area contributed by atoms with Crippen LogP contribution in [-0.4, -0.2) is 9.13 Å². The fourth-order valence-electron chi connectivity index (χ4n) is 2.64. The predicted octanol–water partition coefficient (Wildman–Crippen LogP) is 5.90. The molecule has 0 fully saturated rings. The van der Waals surface area contributed by atoms with Crippen molar-refractivity contribution in [2.24, 2.45) is 0 Å². The number of para-hydroxylation sites is 2. The van der Waals surface area contributed by atoms with Crippen LogP contribution in [0.25, 0.3) is 11.4 Å². The third-order valence-electron chi connectivity index (χ3n) is 3.81. The zero-order chi connectivity index (χ0) is 18.4. The molecule has 0 amide bonds. The van der Waals surface area contributed by atoms with Crippen LogP contribution in [-0.2, 0) is 6.18 Å². The monoisotopic (exact) mass is 398 g/mol. The highest BCUT2D eigenvalue weighted by molar-refractivity contribution is 7.83. The van der Waals surface area contributed by atoms with Crippen molar-refractivity contribution in [2.45, 2.75) is 23.2 Å². The minimum Gasteiger partial charge on any atom is -0.279 e. The topological polar surface area (TPSA) is 9.86 Å². The first-order chi connectivity index (χ1) is 11.7. The van der Waals surface area contributed by atoms with Crippen LogP contribution >= 0.6 is 37.5 Å². The van der Waals surface area contributed by atoms with E-state index >= 15 is 0 Å². The lowest BCUT2D eigenvalue weighted by Gasteiger charge is -2.14. The van der Waals surface area contributed by atoms with Gasteiger partial charge in [-0.3, -0.25) is 9.13 Å². The Morgan fingerprint density at radius 3 is 1.88 bits per heavy atom. The van der Waals surface area contributed by atoms with Crippen molar-refractivity contribution in [2.75, 3.05) is 0 Å². The molecule has 0 N–H and O–H groups in total. The molecule has 2 nitrogen and oxygen atoms in total. The van der Waals surface area contributed by atoms with E-state index in [1.54, 1.807) is 4.57 Å². The van der Waals surface area contributed by atoms with Crippen LogP contribution in [0.3, 0.4) is 0 Å². The molecule has 3 rings (SSSR count). The second-order valence-corrected chi connectivity index (χ2v) is 6.61. The lowest BCUT2D eigenvalue weighted by molar-refractivity contribution is -0.137. The van der Waals surface area contributed by atoms with Gasteiger partial charge in [-0.25, -0.2) is 0 Å². The molecule has 0 radical (unpaired) electrons.